The third-order valence-electron chi connectivity index (χ3n) is 6.71. The average Bonchev–Trinajstić information content (AvgIpc) is 3.41. The number of amides is 1. The van der Waals surface area contributed by atoms with Crippen LogP contribution in [-0.4, -0.2) is 66.3 Å². The van der Waals surface area contributed by atoms with Gasteiger partial charge in [-0.25, -0.2) is 9.78 Å². The maximum absolute atomic E-state index is 13.5. The van der Waals surface area contributed by atoms with E-state index >= 15 is 0 Å². The second kappa shape index (κ2) is 12.9. The van der Waals surface area contributed by atoms with Crippen molar-refractivity contribution in [3.63, 3.8) is 0 Å². The normalized spacial score (nSPS) is 19.9. The van der Waals surface area contributed by atoms with Crippen LogP contribution in [0.3, 0.4) is 0 Å². The Kier molecular flexibility index (Phi) is 9.60. The van der Waals surface area contributed by atoms with E-state index in [2.05, 4.69) is 4.98 Å². The van der Waals surface area contributed by atoms with E-state index < -0.39 is 22.0 Å². The van der Waals surface area contributed by atoms with Gasteiger partial charge in [0.15, 0.2) is 0 Å². The molecule has 1 amide bonds. The van der Waals surface area contributed by atoms with Crippen molar-refractivity contribution < 1.29 is 36.8 Å². The average molecular weight is 579 g/mol. The van der Waals surface area contributed by atoms with Gasteiger partial charge in [0.05, 0.1) is 30.6 Å². The number of carbonyl (C=O) groups excluding carboxylic acids is 2. The largest absolute Gasteiger partial charge is 0.494 e. The van der Waals surface area contributed by atoms with Gasteiger partial charge in [-0.1, -0.05) is 29.8 Å². The molecule has 1 aromatic carbocycles. The molecule has 4 rings (SSSR count). The summed E-state index contributed by atoms with van der Waals surface area (Å²) >= 11 is 5.96. The molecular formula is C27H31ClN2O8S. The van der Waals surface area contributed by atoms with E-state index in [1.54, 1.807) is 54.4 Å². The maximum atomic E-state index is 13.5. The number of rotatable bonds is 11. The number of aromatic nitrogens is 1. The van der Waals surface area contributed by atoms with E-state index in [4.69, 9.17) is 30.4 Å². The van der Waals surface area contributed by atoms with Gasteiger partial charge in [-0.05, 0) is 55.5 Å². The number of allylic oxidation sites excluding steroid dienone is 1. The van der Waals surface area contributed by atoms with Crippen molar-refractivity contribution >= 4 is 33.6 Å². The highest BCUT2D eigenvalue weighted by Gasteiger charge is 2.38. The summed E-state index contributed by atoms with van der Waals surface area (Å²) in [4.78, 5) is 32.4. The molecule has 1 aromatic heterocycles. The molecule has 1 N–H and O–H groups in total. The van der Waals surface area contributed by atoms with Gasteiger partial charge >= 0.3 is 5.97 Å². The van der Waals surface area contributed by atoms with Crippen LogP contribution in [0.25, 0.3) is 0 Å². The van der Waals surface area contributed by atoms with Crippen molar-refractivity contribution in [1.82, 2.24) is 9.88 Å². The molecule has 0 radical (unpaired) electrons. The molecule has 2 aromatic rings. The zero-order chi connectivity index (χ0) is 28.0. The fraction of sp³-hybridized carbons (Fsp3) is 0.444. The lowest BCUT2D eigenvalue weighted by atomic mass is 9.84. The van der Waals surface area contributed by atoms with Crippen LogP contribution in [-0.2, 0) is 35.8 Å². The third kappa shape index (κ3) is 8.01. The Morgan fingerprint density at radius 3 is 2.64 bits per heavy atom. The summed E-state index contributed by atoms with van der Waals surface area (Å²) in [5.74, 6) is -0.992. The second-order valence-corrected chi connectivity index (χ2v) is 11.5. The molecule has 210 valence electrons. The topological polar surface area (TPSA) is 132 Å². The van der Waals surface area contributed by atoms with Gasteiger partial charge < -0.3 is 19.1 Å². The highest BCUT2D eigenvalue weighted by molar-refractivity contribution is 7.85. The highest BCUT2D eigenvalue weighted by atomic mass is 35.5. The Bertz CT molecular complexity index is 1310. The Morgan fingerprint density at radius 2 is 2.00 bits per heavy atom. The molecule has 39 heavy (non-hydrogen) atoms. The first kappa shape index (κ1) is 29.0. The minimum absolute atomic E-state index is 0.00389. The zero-order valence-electron chi connectivity index (χ0n) is 21.5. The van der Waals surface area contributed by atoms with Crippen LogP contribution in [0, 0.1) is 0 Å². The molecule has 0 bridgehead atoms. The van der Waals surface area contributed by atoms with Crippen LogP contribution >= 0.6 is 11.6 Å². The summed E-state index contributed by atoms with van der Waals surface area (Å²) in [5.41, 5.74) is 2.36. The molecule has 1 saturated heterocycles. The van der Waals surface area contributed by atoms with Crippen molar-refractivity contribution in [1.29, 1.82) is 0 Å². The number of hydrogen-bond acceptors (Lipinski definition) is 8. The summed E-state index contributed by atoms with van der Waals surface area (Å²) in [6.45, 7) is 2.94. The van der Waals surface area contributed by atoms with Gasteiger partial charge in [0.2, 0.25) is 5.91 Å². The lowest BCUT2D eigenvalue weighted by molar-refractivity contribution is -0.141. The van der Waals surface area contributed by atoms with E-state index in [9.17, 15) is 18.0 Å². The molecule has 2 aliphatic rings. The number of esters is 1. The predicted octanol–water partition coefficient (Wildman–Crippen LogP) is 3.90. The zero-order valence-corrected chi connectivity index (χ0v) is 23.1. The molecule has 3 heterocycles. The second-order valence-electron chi connectivity index (χ2n) is 9.52. The fourth-order valence-corrected chi connectivity index (χ4v) is 5.30. The summed E-state index contributed by atoms with van der Waals surface area (Å²) < 4.78 is 47.3. The van der Waals surface area contributed by atoms with Gasteiger partial charge in [-0.3, -0.25) is 9.35 Å². The molecule has 12 heteroatoms. The molecule has 2 atom stereocenters. The summed E-state index contributed by atoms with van der Waals surface area (Å²) in [6.07, 6.45) is 3.57. The van der Waals surface area contributed by atoms with Crippen LogP contribution in [0.15, 0.2) is 53.9 Å². The highest BCUT2D eigenvalue weighted by Crippen LogP contribution is 2.37. The van der Waals surface area contributed by atoms with Crippen LogP contribution in [0.1, 0.15) is 49.7 Å². The molecule has 0 aliphatic carbocycles. The number of halogens is 1. The number of benzene rings is 1. The van der Waals surface area contributed by atoms with Crippen LogP contribution in [0.5, 0.6) is 5.75 Å². The monoisotopic (exact) mass is 578 g/mol. The van der Waals surface area contributed by atoms with Gasteiger partial charge in [0.25, 0.3) is 10.1 Å². The number of hydrogen-bond donors (Lipinski definition) is 1. The first-order valence-electron chi connectivity index (χ1n) is 12.7. The van der Waals surface area contributed by atoms with E-state index in [-0.39, 0.29) is 43.8 Å². The SMILES string of the molecule is CC1=C(C(=O)OCc2ccc(OCCCS(=O)(=O)O)cc2)[C@@H](c2ccc(Cl)nc2)CC(=O)N1C[C@H]1CCCO1. The number of nitrogens with zero attached hydrogens (tertiary/aromatic N) is 2. The number of ether oxygens (including phenoxy) is 3. The molecular weight excluding hydrogens is 548 g/mol. The van der Waals surface area contributed by atoms with Gasteiger partial charge in [-0.15, -0.1) is 0 Å². The Hall–Kier alpha value is -2.99. The lowest BCUT2D eigenvalue weighted by Crippen LogP contribution is -2.42. The summed E-state index contributed by atoms with van der Waals surface area (Å²) in [7, 11) is -4.02. The van der Waals surface area contributed by atoms with Crippen LogP contribution in [0.4, 0.5) is 0 Å². The predicted molar refractivity (Wildman–Crippen MR) is 143 cm³/mol. The van der Waals surface area contributed by atoms with E-state index in [1.807, 2.05) is 0 Å². The standard InChI is InChI=1S/C27H31ClN2O8S/c1-18-26(27(32)38-17-19-5-8-21(9-6-19)36-12-3-13-39(33,34)35)23(20-7-10-24(28)29-15-20)14-25(31)30(18)16-22-4-2-11-37-22/h5-10,15,22-23H,2-4,11-14,16-17H2,1H3,(H,33,34,35)/t22-,23-/m1/s1. The van der Waals surface area contributed by atoms with Crippen molar-refractivity contribution in [2.75, 3.05) is 25.5 Å². The first-order valence-corrected chi connectivity index (χ1v) is 14.7. The van der Waals surface area contributed by atoms with E-state index in [0.717, 1.165) is 18.4 Å². The number of carbonyl (C=O) groups is 2. The summed E-state index contributed by atoms with van der Waals surface area (Å²) in [6, 6.07) is 10.2. The fourth-order valence-electron chi connectivity index (χ4n) is 4.71. The molecule has 0 saturated carbocycles. The Morgan fingerprint density at radius 1 is 1.23 bits per heavy atom. The molecule has 1 fully saturated rings. The molecule has 10 nitrogen and oxygen atoms in total. The van der Waals surface area contributed by atoms with Crippen molar-refractivity contribution in [3.05, 3.63) is 70.1 Å². The van der Waals surface area contributed by atoms with Crippen LogP contribution in [0.2, 0.25) is 5.15 Å². The lowest BCUT2D eigenvalue weighted by Gasteiger charge is -2.35. The van der Waals surface area contributed by atoms with Gasteiger partial charge in [-0.2, -0.15) is 8.42 Å². The van der Waals surface area contributed by atoms with Crippen LogP contribution < -0.4 is 4.74 Å². The Balaban J connectivity index is 1.46. The quantitative estimate of drug-likeness (QED) is 0.182. The maximum Gasteiger partial charge on any atom is 0.336 e. The van der Waals surface area contributed by atoms with Gasteiger partial charge in [0.1, 0.15) is 17.5 Å². The minimum atomic E-state index is -4.02. The first-order chi connectivity index (χ1) is 18.6. The van der Waals surface area contributed by atoms with E-state index in [1.165, 1.54) is 0 Å². The molecule has 0 unspecified atom stereocenters. The third-order valence-corrected chi connectivity index (χ3v) is 7.74. The van der Waals surface area contributed by atoms with Gasteiger partial charge in [0, 0.05) is 30.8 Å². The van der Waals surface area contributed by atoms with Crippen molar-refractivity contribution in [3.8, 4) is 5.75 Å². The number of pyridine rings is 1. The smallest absolute Gasteiger partial charge is 0.336 e. The Labute approximate surface area is 232 Å². The van der Waals surface area contributed by atoms with Crippen molar-refractivity contribution in [2.24, 2.45) is 0 Å². The minimum Gasteiger partial charge on any atom is -0.494 e. The summed E-state index contributed by atoms with van der Waals surface area (Å²) in [5, 5.41) is 0.316. The van der Waals surface area contributed by atoms with E-state index in [0.29, 0.717) is 40.9 Å². The molecule has 0 spiro atoms. The molecule has 2 aliphatic heterocycles. The van der Waals surface area contributed by atoms with Crippen molar-refractivity contribution in [2.45, 2.75) is 51.2 Å².